The van der Waals surface area contributed by atoms with Crippen molar-refractivity contribution in [2.24, 2.45) is 33.7 Å². The number of ketones is 1. The quantitative estimate of drug-likeness (QED) is 0.0854. The highest BCUT2D eigenvalue weighted by molar-refractivity contribution is 6.19. The van der Waals surface area contributed by atoms with E-state index >= 15 is 4.79 Å². The van der Waals surface area contributed by atoms with Crippen LogP contribution in [0.4, 0.5) is 5.69 Å². The molecule has 1 unspecified atom stereocenters. The number of phenolic OH excluding ortho intramolecular Hbond substituents is 2. The van der Waals surface area contributed by atoms with Gasteiger partial charge in [0.2, 0.25) is 0 Å². The fraction of sp³-hybridized carbons (Fsp3) is 0.446. The fourth-order valence-corrected chi connectivity index (χ4v) is 10.7. The van der Waals surface area contributed by atoms with Crippen LogP contribution in [0.3, 0.4) is 0 Å². The first-order chi connectivity index (χ1) is 34.7. The molecule has 1 spiro atoms. The molecular formula is C56H66N4O13. The third kappa shape index (κ3) is 9.78. The average Bonchev–Trinajstić information content (AvgIpc) is 3.87. The van der Waals surface area contributed by atoms with E-state index in [-0.39, 0.29) is 61.7 Å². The second kappa shape index (κ2) is 20.6. The SMILES string of the molecule is COc1ccc([C@@H]2CC3(C[C@H](c4ccc(OC)cc4)N2)N=c2c4c(O)c5c(O)c(C)c6c(c5c2=N3)C(=O)[C@@](C)(O/C=C/[C@H](OC)[C@@H](C)[C@@H](OC(C)=O)[C@@H](C)[C@@H](O)[C@H](C)[C@@H](O)[C@@H](C)/C=C/C=C(/C)C(=O)N4)O6)cc1. The van der Waals surface area contributed by atoms with Gasteiger partial charge in [0.25, 0.3) is 11.7 Å². The highest BCUT2D eigenvalue weighted by atomic mass is 16.7. The highest BCUT2D eigenvalue weighted by Gasteiger charge is 2.51. The number of Topliss-reactive ketones (excluding diaryl/α,β-unsaturated/α-hetero) is 1. The first kappa shape index (κ1) is 52.5. The summed E-state index contributed by atoms with van der Waals surface area (Å²) in [5.74, 6) is -6.04. The molecule has 4 aromatic carbocycles. The van der Waals surface area contributed by atoms with E-state index in [4.69, 9.17) is 38.4 Å². The Morgan fingerprint density at radius 3 is 1.93 bits per heavy atom. The van der Waals surface area contributed by atoms with Crippen molar-refractivity contribution < 1.29 is 63.2 Å². The summed E-state index contributed by atoms with van der Waals surface area (Å²) in [6, 6.07) is 14.7. The number of rotatable bonds is 6. The van der Waals surface area contributed by atoms with Gasteiger partial charge in [-0.15, -0.1) is 0 Å². The van der Waals surface area contributed by atoms with Crippen molar-refractivity contribution in [2.75, 3.05) is 26.6 Å². The molecule has 4 aliphatic heterocycles. The number of carbonyl (C=O) groups is 3. The summed E-state index contributed by atoms with van der Waals surface area (Å²) < 4.78 is 35.2. The number of amides is 1. The number of piperidine rings is 1. The number of aliphatic hydroxyl groups is 2. The maximum absolute atomic E-state index is 15.1. The summed E-state index contributed by atoms with van der Waals surface area (Å²) in [5, 5.41) is 54.7. The van der Waals surface area contributed by atoms with Crippen molar-refractivity contribution >= 4 is 34.1 Å². The van der Waals surface area contributed by atoms with E-state index in [1.807, 2.05) is 48.5 Å². The Hall–Kier alpha value is -6.79. The van der Waals surface area contributed by atoms with Crippen LogP contribution in [0, 0.1) is 30.6 Å². The van der Waals surface area contributed by atoms with E-state index < -0.39 is 88.7 Å². The van der Waals surface area contributed by atoms with Crippen LogP contribution in [0.2, 0.25) is 0 Å². The van der Waals surface area contributed by atoms with Gasteiger partial charge in [0.05, 0.1) is 55.1 Å². The molecule has 1 amide bonds. The van der Waals surface area contributed by atoms with E-state index in [0.717, 1.165) is 11.1 Å². The summed E-state index contributed by atoms with van der Waals surface area (Å²) in [6.45, 7) is 12.8. The molecule has 0 saturated carbocycles. The van der Waals surface area contributed by atoms with Gasteiger partial charge in [-0.05, 0) is 55.3 Å². The minimum absolute atomic E-state index is 0.00557. The Bertz CT molecular complexity index is 2970. The third-order valence-electron chi connectivity index (χ3n) is 15.1. The average molecular weight is 1000 g/mol. The number of nitrogens with one attached hydrogen (secondary N) is 2. The predicted octanol–water partition coefficient (Wildman–Crippen LogP) is 6.88. The molecule has 0 aromatic heterocycles. The fourth-order valence-electron chi connectivity index (χ4n) is 10.7. The summed E-state index contributed by atoms with van der Waals surface area (Å²) in [6.07, 6.45) is 4.36. The van der Waals surface area contributed by atoms with E-state index in [0.29, 0.717) is 24.3 Å². The van der Waals surface area contributed by atoms with Crippen LogP contribution in [0.1, 0.15) is 100 Å². The standard InChI is InChI=1S/C56H66N4O13/c1-27-13-12-14-28(2)54(67)58-46-45-44(59-56(60-45)25-38(34-15-19-36(68-9)20-16-34)57-39(26-56)35-17-21-37(69-10)22-18-35)41-42(50(46)65)49(64)32(6)52-43(41)53(66)55(8,73-52)71-24-23-40(70-11)29(3)51(72-33(7)61)31(5)48(63)30(4)47(27)62/h12-24,27,29-31,38-40,47-48,51,57,62-65H,25-26H2,1-11H3,(H,58,67)/b13-12+,24-23+,28-14-/t27-,29+,30+,31-,38-,39+,40-,47-,48-,51+,55-,56?/m0/s1. The molecule has 1 fully saturated rings. The second-order valence-corrected chi connectivity index (χ2v) is 20.0. The molecule has 17 nitrogen and oxygen atoms in total. The molecule has 4 aromatic rings. The zero-order chi connectivity index (χ0) is 52.8. The van der Waals surface area contributed by atoms with E-state index in [1.165, 1.54) is 27.2 Å². The van der Waals surface area contributed by atoms with Crippen LogP contribution in [0.15, 0.2) is 94.7 Å². The lowest BCUT2D eigenvalue weighted by Gasteiger charge is -2.40. The summed E-state index contributed by atoms with van der Waals surface area (Å²) in [4.78, 5) is 52.8. The van der Waals surface area contributed by atoms with Crippen LogP contribution in [0.5, 0.6) is 28.7 Å². The van der Waals surface area contributed by atoms with Gasteiger partial charge >= 0.3 is 11.8 Å². The topological polar surface area (TPSA) is 236 Å². The van der Waals surface area contributed by atoms with Crippen molar-refractivity contribution in [3.05, 3.63) is 118 Å². The Labute approximate surface area is 424 Å². The maximum Gasteiger partial charge on any atom is 0.312 e. The molecule has 1 saturated heterocycles. The summed E-state index contributed by atoms with van der Waals surface area (Å²) in [7, 11) is 4.65. The lowest BCUT2D eigenvalue weighted by atomic mass is 9.78. The normalized spacial score (nSPS) is 32.0. The number of aliphatic hydroxyl groups excluding tert-OH is 2. The Morgan fingerprint density at radius 2 is 1.37 bits per heavy atom. The minimum atomic E-state index is -2.04. The van der Waals surface area contributed by atoms with Crippen molar-refractivity contribution in [1.82, 2.24) is 5.32 Å². The Kier molecular flexibility index (Phi) is 14.8. The largest absolute Gasteiger partial charge is 0.507 e. The number of hydrogen-bond acceptors (Lipinski definition) is 16. The van der Waals surface area contributed by atoms with Crippen molar-refractivity contribution in [3.63, 3.8) is 0 Å². The zero-order valence-corrected chi connectivity index (χ0v) is 43.1. The maximum atomic E-state index is 15.1. The van der Waals surface area contributed by atoms with Crippen LogP contribution in [-0.2, 0) is 23.8 Å². The summed E-state index contributed by atoms with van der Waals surface area (Å²) in [5.41, 5.74) is 0.738. The number of ether oxygens (including phenoxy) is 6. The number of benzene rings is 4. The number of hydrogen-bond donors (Lipinski definition) is 6. The number of anilines is 1. The molecule has 6 N–H and O–H groups in total. The van der Waals surface area contributed by atoms with Gasteiger partial charge in [-0.1, -0.05) is 70.2 Å². The Balaban J connectivity index is 1.34. The number of nitrogens with zero attached hydrogens (tertiary/aromatic N) is 2. The number of fused-ring (bicyclic) bond motifs is 1. The third-order valence-corrected chi connectivity index (χ3v) is 15.1. The van der Waals surface area contributed by atoms with Gasteiger partial charge in [-0.25, -0.2) is 0 Å². The molecule has 17 heteroatoms. The lowest BCUT2D eigenvalue weighted by molar-refractivity contribution is -0.160. The smallest absolute Gasteiger partial charge is 0.312 e. The second-order valence-electron chi connectivity index (χ2n) is 20.0. The van der Waals surface area contributed by atoms with Gasteiger partial charge in [0.15, 0.2) is 11.4 Å². The van der Waals surface area contributed by atoms with Crippen molar-refractivity contribution in [3.8, 4) is 28.7 Å². The monoisotopic (exact) mass is 1000 g/mol. The van der Waals surface area contributed by atoms with Crippen LogP contribution in [-0.4, -0.2) is 95.3 Å². The number of methoxy groups -OCH3 is 3. The molecular weight excluding hydrogens is 937 g/mol. The molecule has 0 aliphatic carbocycles. The number of carbonyl (C=O) groups excluding carboxylic acids is 3. The van der Waals surface area contributed by atoms with Crippen molar-refractivity contribution in [2.45, 2.75) is 116 Å². The van der Waals surface area contributed by atoms with E-state index in [9.17, 15) is 30.0 Å². The molecule has 12 atom stereocenters. The molecule has 4 heterocycles. The first-order valence-corrected chi connectivity index (χ1v) is 24.5. The molecule has 0 radical (unpaired) electrons. The van der Waals surface area contributed by atoms with Crippen LogP contribution in [0.25, 0.3) is 10.8 Å². The first-order valence-electron chi connectivity index (χ1n) is 24.5. The van der Waals surface area contributed by atoms with Crippen LogP contribution >= 0.6 is 0 Å². The minimum Gasteiger partial charge on any atom is -0.507 e. The van der Waals surface area contributed by atoms with Gasteiger partial charge < -0.3 is 59.5 Å². The number of phenols is 2. The molecule has 388 valence electrons. The van der Waals surface area contributed by atoms with Gasteiger partial charge in [0.1, 0.15) is 40.1 Å². The number of allylic oxidation sites excluding steroid dienone is 2. The Morgan fingerprint density at radius 1 is 0.781 bits per heavy atom. The van der Waals surface area contributed by atoms with Gasteiger partial charge in [0, 0.05) is 86.1 Å². The van der Waals surface area contributed by atoms with Gasteiger partial charge in [-0.2, -0.15) is 0 Å². The van der Waals surface area contributed by atoms with Crippen LogP contribution < -0.4 is 35.6 Å². The predicted molar refractivity (Wildman–Crippen MR) is 271 cm³/mol. The van der Waals surface area contributed by atoms with E-state index in [2.05, 4.69) is 10.6 Å². The molecule has 4 aliphatic rings. The lowest BCUT2D eigenvalue weighted by Crippen LogP contribution is -2.46. The zero-order valence-electron chi connectivity index (χ0n) is 43.1. The summed E-state index contributed by atoms with van der Waals surface area (Å²) >= 11 is 0. The molecule has 8 rings (SSSR count). The number of esters is 1. The highest BCUT2D eigenvalue weighted by Crippen LogP contribution is 2.51. The molecule has 4 bridgehead atoms. The molecule has 73 heavy (non-hydrogen) atoms. The van der Waals surface area contributed by atoms with Gasteiger partial charge in [-0.3, -0.25) is 24.4 Å². The van der Waals surface area contributed by atoms with E-state index in [1.54, 1.807) is 80.1 Å². The number of aromatic hydroxyl groups is 2. The van der Waals surface area contributed by atoms with Crippen molar-refractivity contribution in [1.29, 1.82) is 0 Å².